The van der Waals surface area contributed by atoms with Crippen molar-refractivity contribution < 1.29 is 9.59 Å². The molecule has 1 saturated carbocycles. The molecule has 3 fully saturated rings. The molecule has 2 N–H and O–H groups in total. The second-order valence-corrected chi connectivity index (χ2v) is 7.07. The molecule has 1 aliphatic carbocycles. The van der Waals surface area contributed by atoms with E-state index >= 15 is 0 Å². The van der Waals surface area contributed by atoms with Crippen LogP contribution in [-0.4, -0.2) is 66.0 Å². The van der Waals surface area contributed by atoms with Crippen LogP contribution in [-0.2, 0) is 4.79 Å². The van der Waals surface area contributed by atoms with E-state index in [-0.39, 0.29) is 18.0 Å². The standard InChI is InChI=1S/C16H25N5O2/c1-16(11-17,12-2-3-12)19-14(22)10-20-7-4-13(5-8-20)21-9-6-18-15(21)23/h12-13H,2-10H2,1H3,(H,18,23)(H,19,22). The summed E-state index contributed by atoms with van der Waals surface area (Å²) in [5.41, 5.74) is -0.719. The first-order valence-corrected chi connectivity index (χ1v) is 8.51. The van der Waals surface area contributed by atoms with Crippen LogP contribution in [0.15, 0.2) is 0 Å². The lowest BCUT2D eigenvalue weighted by molar-refractivity contribution is -0.124. The van der Waals surface area contributed by atoms with Crippen molar-refractivity contribution >= 4 is 11.9 Å². The van der Waals surface area contributed by atoms with Gasteiger partial charge < -0.3 is 15.5 Å². The van der Waals surface area contributed by atoms with E-state index in [4.69, 9.17) is 0 Å². The summed E-state index contributed by atoms with van der Waals surface area (Å²) in [5.74, 6) is 0.231. The quantitative estimate of drug-likeness (QED) is 0.762. The van der Waals surface area contributed by atoms with Crippen LogP contribution in [0.5, 0.6) is 0 Å². The summed E-state index contributed by atoms with van der Waals surface area (Å²) < 4.78 is 0. The molecule has 1 unspecified atom stereocenters. The fourth-order valence-electron chi connectivity index (χ4n) is 3.64. The molecule has 2 aliphatic heterocycles. The van der Waals surface area contributed by atoms with Crippen LogP contribution >= 0.6 is 0 Å². The van der Waals surface area contributed by atoms with Crippen LogP contribution in [0.4, 0.5) is 4.79 Å². The number of piperidine rings is 1. The van der Waals surface area contributed by atoms with E-state index in [2.05, 4.69) is 21.6 Å². The number of carbonyl (C=O) groups excluding carboxylic acids is 2. The van der Waals surface area contributed by atoms with E-state index in [1.165, 1.54) is 0 Å². The topological polar surface area (TPSA) is 88.5 Å². The molecular weight excluding hydrogens is 294 g/mol. The normalized spacial score (nSPS) is 25.6. The molecule has 3 aliphatic rings. The van der Waals surface area contributed by atoms with E-state index in [0.29, 0.717) is 12.5 Å². The Hall–Kier alpha value is -1.81. The lowest BCUT2D eigenvalue weighted by atomic mass is 9.98. The first-order chi connectivity index (χ1) is 11.0. The van der Waals surface area contributed by atoms with Gasteiger partial charge in [-0.05, 0) is 38.5 Å². The Labute approximate surface area is 137 Å². The molecule has 0 spiro atoms. The number of nitrogens with one attached hydrogen (secondary N) is 2. The molecule has 7 nitrogen and oxygen atoms in total. The van der Waals surface area contributed by atoms with Gasteiger partial charge in [0.25, 0.3) is 0 Å². The van der Waals surface area contributed by atoms with Crippen molar-refractivity contribution in [1.29, 1.82) is 5.26 Å². The molecular formula is C16H25N5O2. The SMILES string of the molecule is CC(C#N)(NC(=O)CN1CCC(N2CCNC2=O)CC1)C1CC1. The van der Waals surface area contributed by atoms with Crippen molar-refractivity contribution in [1.82, 2.24) is 20.4 Å². The molecule has 3 rings (SSSR count). The molecule has 0 aromatic heterocycles. The minimum Gasteiger partial charge on any atom is -0.337 e. The molecule has 1 atom stereocenters. The predicted octanol–water partition coefficient (Wildman–Crippen LogP) is 0.284. The van der Waals surface area contributed by atoms with E-state index in [1.807, 2.05) is 11.8 Å². The van der Waals surface area contributed by atoms with Crippen molar-refractivity contribution in [2.75, 3.05) is 32.7 Å². The van der Waals surface area contributed by atoms with Gasteiger partial charge in [-0.15, -0.1) is 0 Å². The highest BCUT2D eigenvalue weighted by molar-refractivity contribution is 5.79. The molecule has 0 aromatic rings. The molecule has 0 bridgehead atoms. The third-order valence-electron chi connectivity index (χ3n) is 5.28. The summed E-state index contributed by atoms with van der Waals surface area (Å²) in [6, 6.07) is 2.58. The van der Waals surface area contributed by atoms with E-state index in [0.717, 1.165) is 51.9 Å². The Kier molecular flexibility index (Phi) is 4.44. The van der Waals surface area contributed by atoms with E-state index < -0.39 is 5.54 Å². The van der Waals surface area contributed by atoms with Crippen LogP contribution in [0.3, 0.4) is 0 Å². The molecule has 0 aromatic carbocycles. The molecule has 126 valence electrons. The Morgan fingerprint density at radius 1 is 1.35 bits per heavy atom. The van der Waals surface area contributed by atoms with Crippen molar-refractivity contribution in [2.45, 2.75) is 44.2 Å². The monoisotopic (exact) mass is 319 g/mol. The summed E-state index contributed by atoms with van der Waals surface area (Å²) in [5, 5.41) is 15.1. The zero-order valence-corrected chi connectivity index (χ0v) is 13.7. The summed E-state index contributed by atoms with van der Waals surface area (Å²) in [6.07, 6.45) is 3.85. The Morgan fingerprint density at radius 3 is 2.57 bits per heavy atom. The van der Waals surface area contributed by atoms with Gasteiger partial charge in [0.05, 0.1) is 12.6 Å². The van der Waals surface area contributed by atoms with Crippen LogP contribution in [0.25, 0.3) is 0 Å². The number of hydrogen-bond acceptors (Lipinski definition) is 4. The van der Waals surface area contributed by atoms with Crippen LogP contribution < -0.4 is 10.6 Å². The maximum absolute atomic E-state index is 12.2. The van der Waals surface area contributed by atoms with Gasteiger partial charge in [-0.2, -0.15) is 5.26 Å². The smallest absolute Gasteiger partial charge is 0.317 e. The van der Waals surface area contributed by atoms with Gasteiger partial charge in [-0.3, -0.25) is 9.69 Å². The van der Waals surface area contributed by atoms with Crippen LogP contribution in [0.1, 0.15) is 32.6 Å². The first-order valence-electron chi connectivity index (χ1n) is 8.51. The van der Waals surface area contributed by atoms with Gasteiger partial charge in [0.2, 0.25) is 5.91 Å². The summed E-state index contributed by atoms with van der Waals surface area (Å²) in [6.45, 7) is 5.30. The zero-order valence-electron chi connectivity index (χ0n) is 13.7. The number of carbonyl (C=O) groups is 2. The summed E-state index contributed by atoms with van der Waals surface area (Å²) >= 11 is 0. The molecule has 7 heteroatoms. The summed E-state index contributed by atoms with van der Waals surface area (Å²) in [4.78, 5) is 28.0. The number of amides is 3. The summed E-state index contributed by atoms with van der Waals surface area (Å²) in [7, 11) is 0. The predicted molar refractivity (Wildman–Crippen MR) is 84.5 cm³/mol. The lowest BCUT2D eigenvalue weighted by Gasteiger charge is -2.36. The van der Waals surface area contributed by atoms with Gasteiger partial charge in [0.1, 0.15) is 5.54 Å². The highest BCUT2D eigenvalue weighted by atomic mass is 16.2. The minimum absolute atomic E-state index is 0.0374. The van der Waals surface area contributed by atoms with Gasteiger partial charge in [-0.1, -0.05) is 0 Å². The fourth-order valence-corrected chi connectivity index (χ4v) is 3.64. The van der Waals surface area contributed by atoms with Crippen molar-refractivity contribution in [3.05, 3.63) is 0 Å². The number of rotatable bonds is 5. The number of nitrogens with zero attached hydrogens (tertiary/aromatic N) is 3. The van der Waals surface area contributed by atoms with Gasteiger partial charge in [0, 0.05) is 32.2 Å². The Balaban J connectivity index is 1.44. The average Bonchev–Trinajstić information content (AvgIpc) is 3.31. The minimum atomic E-state index is -0.719. The van der Waals surface area contributed by atoms with Gasteiger partial charge in [-0.25, -0.2) is 4.79 Å². The third-order valence-corrected chi connectivity index (χ3v) is 5.28. The second-order valence-electron chi connectivity index (χ2n) is 7.07. The highest BCUT2D eigenvalue weighted by Gasteiger charge is 2.43. The Morgan fingerprint density at radius 2 is 2.04 bits per heavy atom. The maximum atomic E-state index is 12.2. The van der Waals surface area contributed by atoms with Crippen LogP contribution in [0, 0.1) is 17.2 Å². The number of urea groups is 1. The highest BCUT2D eigenvalue weighted by Crippen LogP contribution is 2.39. The molecule has 3 amide bonds. The molecule has 2 saturated heterocycles. The van der Waals surface area contributed by atoms with Crippen LogP contribution in [0.2, 0.25) is 0 Å². The maximum Gasteiger partial charge on any atom is 0.317 e. The third kappa shape index (κ3) is 3.58. The number of likely N-dealkylation sites (tertiary alicyclic amines) is 1. The van der Waals surface area contributed by atoms with Crippen molar-refractivity contribution in [2.24, 2.45) is 5.92 Å². The molecule has 23 heavy (non-hydrogen) atoms. The lowest BCUT2D eigenvalue weighted by Crippen LogP contribution is -2.52. The number of nitriles is 1. The molecule has 2 heterocycles. The van der Waals surface area contributed by atoms with E-state index in [1.54, 1.807) is 0 Å². The van der Waals surface area contributed by atoms with Gasteiger partial charge in [0.15, 0.2) is 0 Å². The largest absolute Gasteiger partial charge is 0.337 e. The zero-order chi connectivity index (χ0) is 16.4. The first kappa shape index (κ1) is 16.1. The number of hydrogen-bond donors (Lipinski definition) is 2. The fraction of sp³-hybridized carbons (Fsp3) is 0.812. The van der Waals surface area contributed by atoms with Gasteiger partial charge >= 0.3 is 6.03 Å². The molecule has 0 radical (unpaired) electrons. The van der Waals surface area contributed by atoms with Crippen molar-refractivity contribution in [3.8, 4) is 6.07 Å². The van der Waals surface area contributed by atoms with Crippen molar-refractivity contribution in [3.63, 3.8) is 0 Å². The average molecular weight is 319 g/mol. The Bertz CT molecular complexity index is 519. The van der Waals surface area contributed by atoms with E-state index in [9.17, 15) is 14.9 Å². The second kappa shape index (κ2) is 6.36.